The molecule has 0 spiro atoms. The zero-order chi connectivity index (χ0) is 18.8. The number of hydrogen-bond acceptors (Lipinski definition) is 6. The second-order valence-electron chi connectivity index (χ2n) is 6.93. The summed E-state index contributed by atoms with van der Waals surface area (Å²) >= 11 is 1.34. The van der Waals surface area contributed by atoms with Gasteiger partial charge in [-0.2, -0.15) is 0 Å². The van der Waals surface area contributed by atoms with Crippen LogP contribution in [-0.2, 0) is 4.79 Å². The Morgan fingerprint density at radius 1 is 1.41 bits per heavy atom. The first kappa shape index (κ1) is 18.0. The van der Waals surface area contributed by atoms with Crippen molar-refractivity contribution in [3.05, 3.63) is 18.2 Å². The number of likely N-dealkylation sites (tertiary alicyclic amines) is 1. The molecule has 1 N–H and O–H groups in total. The molecule has 0 bridgehead atoms. The molecule has 8 heteroatoms. The van der Waals surface area contributed by atoms with Crippen LogP contribution in [-0.4, -0.2) is 56.4 Å². The number of nitrogens with zero attached hydrogens (tertiary/aromatic N) is 4. The van der Waals surface area contributed by atoms with Gasteiger partial charge in [0.2, 0.25) is 11.1 Å². The lowest BCUT2D eigenvalue weighted by Crippen LogP contribution is -2.40. The number of benzene rings is 1. The Balaban J connectivity index is 1.49. The molecule has 4 rings (SSSR count). The van der Waals surface area contributed by atoms with Gasteiger partial charge in [0.05, 0.1) is 12.4 Å². The van der Waals surface area contributed by atoms with Crippen LogP contribution < -0.4 is 4.74 Å². The predicted molar refractivity (Wildman–Crippen MR) is 106 cm³/mol. The Labute approximate surface area is 161 Å². The van der Waals surface area contributed by atoms with E-state index in [0.717, 1.165) is 36.2 Å². The number of piperidine rings is 1. The van der Waals surface area contributed by atoms with Crippen molar-refractivity contribution in [2.24, 2.45) is 5.92 Å². The van der Waals surface area contributed by atoms with Crippen LogP contribution in [0.1, 0.15) is 26.7 Å². The summed E-state index contributed by atoms with van der Waals surface area (Å²) in [6.07, 6.45) is 2.28. The Bertz CT molecular complexity index is 973. The Morgan fingerprint density at radius 3 is 3.11 bits per heavy atom. The number of amides is 1. The molecule has 1 atom stereocenters. The van der Waals surface area contributed by atoms with E-state index >= 15 is 0 Å². The molecule has 1 aromatic carbocycles. The highest BCUT2D eigenvalue weighted by atomic mass is 32.2. The highest BCUT2D eigenvalue weighted by Gasteiger charge is 2.21. The predicted octanol–water partition coefficient (Wildman–Crippen LogP) is 3.26. The minimum absolute atomic E-state index is 0.147. The molecule has 1 saturated heterocycles. The number of ether oxygens (including phenoxy) is 1. The first-order chi connectivity index (χ1) is 13.1. The van der Waals surface area contributed by atoms with E-state index in [1.54, 1.807) is 0 Å². The molecular weight excluding hydrogens is 362 g/mol. The smallest absolute Gasteiger partial charge is 0.233 e. The molecule has 1 fully saturated rings. The monoisotopic (exact) mass is 385 g/mol. The van der Waals surface area contributed by atoms with Crippen LogP contribution in [0.15, 0.2) is 23.4 Å². The Morgan fingerprint density at radius 2 is 2.30 bits per heavy atom. The standard InChI is InChI=1S/C19H23N5O2S/c1-3-26-13-6-7-15-14(9-13)17-18(20-15)21-19(23-22-17)27-11-16(25)24-8-4-5-12(2)10-24/h6-7,9,12H,3-5,8,10-11H2,1-2H3,(H,20,21,23)/t12-/m1/s1. The maximum atomic E-state index is 12.4. The van der Waals surface area contributed by atoms with Gasteiger partial charge in [-0.05, 0) is 43.9 Å². The molecular formula is C19H23N5O2S. The average Bonchev–Trinajstić information content (AvgIpc) is 3.03. The van der Waals surface area contributed by atoms with Gasteiger partial charge in [0.25, 0.3) is 0 Å². The highest BCUT2D eigenvalue weighted by molar-refractivity contribution is 7.99. The van der Waals surface area contributed by atoms with Crippen LogP contribution in [0, 0.1) is 5.92 Å². The summed E-state index contributed by atoms with van der Waals surface area (Å²) in [5.41, 5.74) is 2.33. The number of thioether (sulfide) groups is 1. The molecule has 27 heavy (non-hydrogen) atoms. The molecule has 0 unspecified atom stereocenters. The lowest BCUT2D eigenvalue weighted by molar-refractivity contribution is -0.130. The molecule has 7 nitrogen and oxygen atoms in total. The topological polar surface area (TPSA) is 84.0 Å². The van der Waals surface area contributed by atoms with Gasteiger partial charge >= 0.3 is 0 Å². The number of carbonyl (C=O) groups is 1. The van der Waals surface area contributed by atoms with Gasteiger partial charge in [-0.15, -0.1) is 10.2 Å². The summed E-state index contributed by atoms with van der Waals surface area (Å²) in [5, 5.41) is 9.98. The van der Waals surface area contributed by atoms with Gasteiger partial charge in [-0.1, -0.05) is 18.7 Å². The van der Waals surface area contributed by atoms with Gasteiger partial charge in [0, 0.05) is 24.0 Å². The summed E-state index contributed by atoms with van der Waals surface area (Å²) in [4.78, 5) is 22.2. The van der Waals surface area contributed by atoms with E-state index in [1.165, 1.54) is 18.2 Å². The van der Waals surface area contributed by atoms with Crippen molar-refractivity contribution in [3.8, 4) is 5.75 Å². The van der Waals surface area contributed by atoms with E-state index in [2.05, 4.69) is 27.1 Å². The van der Waals surface area contributed by atoms with Gasteiger partial charge in [-0.3, -0.25) is 4.79 Å². The van der Waals surface area contributed by atoms with Gasteiger partial charge < -0.3 is 14.6 Å². The van der Waals surface area contributed by atoms with E-state index in [-0.39, 0.29) is 5.91 Å². The Hall–Kier alpha value is -2.35. The minimum atomic E-state index is 0.147. The number of rotatable bonds is 5. The van der Waals surface area contributed by atoms with Crippen LogP contribution in [0.5, 0.6) is 5.75 Å². The van der Waals surface area contributed by atoms with Crippen molar-refractivity contribution < 1.29 is 9.53 Å². The summed E-state index contributed by atoms with van der Waals surface area (Å²) in [5.74, 6) is 1.87. The van der Waals surface area contributed by atoms with Crippen LogP contribution in [0.2, 0.25) is 0 Å². The third kappa shape index (κ3) is 3.85. The van der Waals surface area contributed by atoms with E-state index in [0.29, 0.717) is 34.6 Å². The first-order valence-electron chi connectivity index (χ1n) is 9.33. The van der Waals surface area contributed by atoms with E-state index in [9.17, 15) is 4.79 Å². The number of aromatic nitrogens is 4. The van der Waals surface area contributed by atoms with Crippen LogP contribution in [0.25, 0.3) is 22.1 Å². The fourth-order valence-electron chi connectivity index (χ4n) is 3.49. The van der Waals surface area contributed by atoms with E-state index < -0.39 is 0 Å². The molecule has 1 aliphatic heterocycles. The van der Waals surface area contributed by atoms with E-state index in [4.69, 9.17) is 4.74 Å². The number of nitrogens with one attached hydrogen (secondary N) is 1. The van der Waals surface area contributed by atoms with Crippen molar-refractivity contribution in [1.82, 2.24) is 25.1 Å². The van der Waals surface area contributed by atoms with Crippen molar-refractivity contribution >= 4 is 39.7 Å². The number of carbonyl (C=O) groups excluding carboxylic acids is 1. The summed E-state index contributed by atoms with van der Waals surface area (Å²) in [7, 11) is 0. The number of hydrogen-bond donors (Lipinski definition) is 1. The number of aromatic amines is 1. The van der Waals surface area contributed by atoms with Crippen LogP contribution in [0.4, 0.5) is 0 Å². The lowest BCUT2D eigenvalue weighted by Gasteiger charge is -2.30. The fourth-order valence-corrected chi connectivity index (χ4v) is 4.18. The lowest BCUT2D eigenvalue weighted by atomic mass is 10.0. The molecule has 3 heterocycles. The second-order valence-corrected chi connectivity index (χ2v) is 7.88. The normalized spacial score (nSPS) is 17.6. The number of fused-ring (bicyclic) bond motifs is 3. The maximum absolute atomic E-state index is 12.4. The second kappa shape index (κ2) is 7.72. The van der Waals surface area contributed by atoms with Gasteiger partial charge in [0.15, 0.2) is 5.65 Å². The van der Waals surface area contributed by atoms with Crippen molar-refractivity contribution in [1.29, 1.82) is 0 Å². The number of H-pyrrole nitrogens is 1. The highest BCUT2D eigenvalue weighted by Crippen LogP contribution is 2.27. The molecule has 3 aromatic rings. The maximum Gasteiger partial charge on any atom is 0.233 e. The molecule has 2 aromatic heterocycles. The first-order valence-corrected chi connectivity index (χ1v) is 10.3. The quantitative estimate of drug-likeness (QED) is 0.679. The SMILES string of the molecule is CCOc1ccc2[nH]c3nc(SCC(=O)N4CCC[C@@H](C)C4)nnc3c2c1. The van der Waals surface area contributed by atoms with Crippen LogP contribution in [0.3, 0.4) is 0 Å². The minimum Gasteiger partial charge on any atom is -0.494 e. The van der Waals surface area contributed by atoms with Crippen LogP contribution >= 0.6 is 11.8 Å². The summed E-state index contributed by atoms with van der Waals surface area (Å²) < 4.78 is 5.56. The zero-order valence-corrected chi connectivity index (χ0v) is 16.4. The largest absolute Gasteiger partial charge is 0.494 e. The third-order valence-corrected chi connectivity index (χ3v) is 5.63. The molecule has 142 valence electrons. The van der Waals surface area contributed by atoms with Gasteiger partial charge in [0.1, 0.15) is 11.3 Å². The van der Waals surface area contributed by atoms with Crippen molar-refractivity contribution in [2.45, 2.75) is 31.8 Å². The molecule has 1 amide bonds. The van der Waals surface area contributed by atoms with Gasteiger partial charge in [-0.25, -0.2) is 4.98 Å². The Kier molecular flexibility index (Phi) is 5.15. The molecule has 0 saturated carbocycles. The zero-order valence-electron chi connectivity index (χ0n) is 15.6. The van der Waals surface area contributed by atoms with Crippen molar-refractivity contribution in [2.75, 3.05) is 25.4 Å². The molecule has 0 aliphatic carbocycles. The molecule has 0 radical (unpaired) electrons. The molecule has 1 aliphatic rings. The van der Waals surface area contributed by atoms with Crippen molar-refractivity contribution in [3.63, 3.8) is 0 Å². The fraction of sp³-hybridized carbons (Fsp3) is 0.474. The summed E-state index contributed by atoms with van der Waals surface area (Å²) in [6, 6.07) is 5.82. The van der Waals surface area contributed by atoms with E-state index in [1.807, 2.05) is 30.0 Å². The summed E-state index contributed by atoms with van der Waals surface area (Å²) in [6.45, 7) is 6.46. The average molecular weight is 385 g/mol. The third-order valence-electron chi connectivity index (χ3n) is 4.81.